The van der Waals surface area contributed by atoms with Crippen LogP contribution in [0.1, 0.15) is 15.9 Å². The number of hydrogen-bond donors (Lipinski definition) is 1. The summed E-state index contributed by atoms with van der Waals surface area (Å²) in [4.78, 5) is 12.5. The van der Waals surface area contributed by atoms with Crippen molar-refractivity contribution < 1.29 is 14.3 Å². The second-order valence-electron chi connectivity index (χ2n) is 5.91. The summed E-state index contributed by atoms with van der Waals surface area (Å²) in [5.41, 5.74) is 2.19. The minimum absolute atomic E-state index is 0.181. The van der Waals surface area contributed by atoms with E-state index in [0.717, 1.165) is 17.1 Å². The summed E-state index contributed by atoms with van der Waals surface area (Å²) >= 11 is 0. The Labute approximate surface area is 159 Å². The highest BCUT2D eigenvalue weighted by molar-refractivity contribution is 6.04. The molecule has 0 fully saturated rings. The zero-order chi connectivity index (χ0) is 19.1. The van der Waals surface area contributed by atoms with E-state index in [1.54, 1.807) is 25.3 Å². The maximum atomic E-state index is 12.5. The first-order valence-corrected chi connectivity index (χ1v) is 8.61. The molecule has 3 aromatic rings. The van der Waals surface area contributed by atoms with Crippen LogP contribution in [0.3, 0.4) is 0 Å². The lowest BCUT2D eigenvalue weighted by atomic mass is 10.1. The average Bonchev–Trinajstić information content (AvgIpc) is 2.70. The standard InChI is InChI=1S/C23H21NO3/c1-3-7-17-16-18(10-15-22(17)26-2)23(25)24-19-11-13-21(14-12-19)27-20-8-5-4-6-9-20/h3-6,8-16H,1,7H2,2H3,(H,24,25). The van der Waals surface area contributed by atoms with Crippen LogP contribution in [-0.4, -0.2) is 13.0 Å². The van der Waals surface area contributed by atoms with Crippen molar-refractivity contribution in [2.24, 2.45) is 0 Å². The molecule has 0 aliphatic carbocycles. The highest BCUT2D eigenvalue weighted by atomic mass is 16.5. The van der Waals surface area contributed by atoms with Crippen LogP contribution >= 0.6 is 0 Å². The highest BCUT2D eigenvalue weighted by Crippen LogP contribution is 2.24. The number of carbonyl (C=O) groups is 1. The first kappa shape index (κ1) is 18.3. The zero-order valence-electron chi connectivity index (χ0n) is 15.1. The van der Waals surface area contributed by atoms with E-state index in [1.165, 1.54) is 0 Å². The molecule has 1 N–H and O–H groups in total. The van der Waals surface area contributed by atoms with E-state index < -0.39 is 0 Å². The molecule has 0 unspecified atom stereocenters. The Morgan fingerprint density at radius 2 is 1.70 bits per heavy atom. The van der Waals surface area contributed by atoms with Crippen molar-refractivity contribution in [2.75, 3.05) is 12.4 Å². The van der Waals surface area contributed by atoms with E-state index >= 15 is 0 Å². The number of rotatable bonds is 7. The fourth-order valence-electron chi connectivity index (χ4n) is 2.67. The number of nitrogens with one attached hydrogen (secondary N) is 1. The molecule has 0 bridgehead atoms. The fourth-order valence-corrected chi connectivity index (χ4v) is 2.67. The minimum atomic E-state index is -0.181. The normalized spacial score (nSPS) is 10.1. The van der Waals surface area contributed by atoms with Gasteiger partial charge in [0.2, 0.25) is 0 Å². The van der Waals surface area contributed by atoms with Gasteiger partial charge < -0.3 is 14.8 Å². The number of allylic oxidation sites excluding steroid dienone is 1. The van der Waals surface area contributed by atoms with E-state index in [1.807, 2.05) is 60.7 Å². The molecule has 4 nitrogen and oxygen atoms in total. The van der Waals surface area contributed by atoms with Gasteiger partial charge in [0.05, 0.1) is 7.11 Å². The van der Waals surface area contributed by atoms with Crippen LogP contribution in [0.4, 0.5) is 5.69 Å². The Morgan fingerprint density at radius 1 is 1.00 bits per heavy atom. The summed E-state index contributed by atoms with van der Waals surface area (Å²) in [6, 6.07) is 22.2. The van der Waals surface area contributed by atoms with Crippen molar-refractivity contribution in [1.29, 1.82) is 0 Å². The van der Waals surface area contributed by atoms with Crippen LogP contribution < -0.4 is 14.8 Å². The number of amides is 1. The van der Waals surface area contributed by atoms with Crippen molar-refractivity contribution >= 4 is 11.6 Å². The van der Waals surface area contributed by atoms with Gasteiger partial charge in [0.15, 0.2) is 0 Å². The molecule has 0 spiro atoms. The van der Waals surface area contributed by atoms with E-state index in [-0.39, 0.29) is 5.91 Å². The quantitative estimate of drug-likeness (QED) is 0.569. The first-order valence-electron chi connectivity index (χ1n) is 8.61. The summed E-state index contributed by atoms with van der Waals surface area (Å²) < 4.78 is 11.1. The molecule has 0 radical (unpaired) electrons. The molecule has 27 heavy (non-hydrogen) atoms. The predicted octanol–water partition coefficient (Wildman–Crippen LogP) is 5.47. The first-order chi connectivity index (χ1) is 13.2. The number of para-hydroxylation sites is 1. The fraction of sp³-hybridized carbons (Fsp3) is 0.0870. The van der Waals surface area contributed by atoms with Crippen molar-refractivity contribution in [3.63, 3.8) is 0 Å². The number of carbonyl (C=O) groups excluding carboxylic acids is 1. The molecular formula is C23H21NO3. The van der Waals surface area contributed by atoms with Crippen molar-refractivity contribution in [3.8, 4) is 17.2 Å². The largest absolute Gasteiger partial charge is 0.496 e. The highest BCUT2D eigenvalue weighted by Gasteiger charge is 2.10. The van der Waals surface area contributed by atoms with E-state index in [9.17, 15) is 4.79 Å². The summed E-state index contributed by atoms with van der Waals surface area (Å²) in [7, 11) is 1.61. The molecule has 3 aromatic carbocycles. The third-order valence-corrected chi connectivity index (χ3v) is 4.00. The number of ether oxygens (including phenoxy) is 2. The summed E-state index contributed by atoms with van der Waals surface area (Å²) in [6.07, 6.45) is 2.42. The van der Waals surface area contributed by atoms with Crippen LogP contribution in [-0.2, 0) is 6.42 Å². The zero-order valence-corrected chi connectivity index (χ0v) is 15.1. The van der Waals surface area contributed by atoms with Gasteiger partial charge in [-0.3, -0.25) is 4.79 Å². The number of hydrogen-bond acceptors (Lipinski definition) is 3. The van der Waals surface area contributed by atoms with Gasteiger partial charge in [0.25, 0.3) is 5.91 Å². The topological polar surface area (TPSA) is 47.6 Å². The lowest BCUT2D eigenvalue weighted by Crippen LogP contribution is -2.12. The molecular weight excluding hydrogens is 338 g/mol. The maximum absolute atomic E-state index is 12.5. The van der Waals surface area contributed by atoms with Crippen molar-refractivity contribution in [2.45, 2.75) is 6.42 Å². The van der Waals surface area contributed by atoms with Gasteiger partial charge in [0, 0.05) is 11.3 Å². The molecule has 0 aliphatic heterocycles. The molecule has 0 aliphatic rings. The Bertz CT molecular complexity index is 918. The maximum Gasteiger partial charge on any atom is 0.255 e. The molecule has 0 atom stereocenters. The molecule has 0 saturated heterocycles. The van der Waals surface area contributed by atoms with Crippen molar-refractivity contribution in [3.05, 3.63) is 96.6 Å². The summed E-state index contributed by atoms with van der Waals surface area (Å²) in [5, 5.41) is 2.89. The van der Waals surface area contributed by atoms with Crippen LogP contribution in [0.15, 0.2) is 85.5 Å². The second kappa shape index (κ2) is 8.72. The Hall–Kier alpha value is -3.53. The van der Waals surface area contributed by atoms with Crippen LogP contribution in [0, 0.1) is 0 Å². The Morgan fingerprint density at radius 3 is 2.37 bits per heavy atom. The molecule has 0 saturated carbocycles. The van der Waals surface area contributed by atoms with Gasteiger partial charge in [-0.25, -0.2) is 0 Å². The van der Waals surface area contributed by atoms with Gasteiger partial charge in [-0.15, -0.1) is 6.58 Å². The van der Waals surface area contributed by atoms with Crippen molar-refractivity contribution in [1.82, 2.24) is 0 Å². The van der Waals surface area contributed by atoms with Gasteiger partial charge >= 0.3 is 0 Å². The third-order valence-electron chi connectivity index (χ3n) is 4.00. The minimum Gasteiger partial charge on any atom is -0.496 e. The molecule has 1 amide bonds. The van der Waals surface area contributed by atoms with Gasteiger partial charge in [-0.1, -0.05) is 24.3 Å². The summed E-state index contributed by atoms with van der Waals surface area (Å²) in [5.74, 6) is 2.03. The predicted molar refractivity (Wildman–Crippen MR) is 108 cm³/mol. The second-order valence-corrected chi connectivity index (χ2v) is 5.91. The molecule has 3 rings (SSSR count). The van der Waals surface area contributed by atoms with Gasteiger partial charge in [-0.2, -0.15) is 0 Å². The van der Waals surface area contributed by atoms with E-state index in [0.29, 0.717) is 23.4 Å². The average molecular weight is 359 g/mol. The molecule has 0 heterocycles. The molecule has 4 heteroatoms. The van der Waals surface area contributed by atoms with Gasteiger partial charge in [-0.05, 0) is 66.6 Å². The lowest BCUT2D eigenvalue weighted by molar-refractivity contribution is 0.102. The van der Waals surface area contributed by atoms with E-state index in [2.05, 4.69) is 11.9 Å². The molecule has 0 aromatic heterocycles. The summed E-state index contributed by atoms with van der Waals surface area (Å²) in [6.45, 7) is 3.74. The lowest BCUT2D eigenvalue weighted by Gasteiger charge is -2.11. The van der Waals surface area contributed by atoms with Crippen LogP contribution in [0.25, 0.3) is 0 Å². The number of anilines is 1. The van der Waals surface area contributed by atoms with E-state index in [4.69, 9.17) is 9.47 Å². The number of methoxy groups -OCH3 is 1. The smallest absolute Gasteiger partial charge is 0.255 e. The Balaban J connectivity index is 1.69. The molecule has 136 valence electrons. The number of benzene rings is 3. The van der Waals surface area contributed by atoms with Crippen LogP contribution in [0.5, 0.6) is 17.2 Å². The third kappa shape index (κ3) is 4.76. The van der Waals surface area contributed by atoms with Gasteiger partial charge in [0.1, 0.15) is 17.2 Å². The van der Waals surface area contributed by atoms with Crippen LogP contribution in [0.2, 0.25) is 0 Å². The Kier molecular flexibility index (Phi) is 5.90. The monoisotopic (exact) mass is 359 g/mol. The SMILES string of the molecule is C=CCc1cc(C(=O)Nc2ccc(Oc3ccccc3)cc2)ccc1OC.